The molecule has 0 aliphatic rings. The number of benzene rings is 3. The lowest BCUT2D eigenvalue weighted by molar-refractivity contribution is 0.253. The molecule has 0 unspecified atom stereocenters. The van der Waals surface area contributed by atoms with Crippen LogP contribution in [0.3, 0.4) is 0 Å². The average Bonchev–Trinajstić information content (AvgIpc) is 2.73. The van der Waals surface area contributed by atoms with Crippen molar-refractivity contribution in [3.05, 3.63) is 102 Å². The summed E-state index contributed by atoms with van der Waals surface area (Å²) in [5, 5.41) is 10.7. The fraction of sp³-hybridized carbons (Fsp3) is 0.231. The van der Waals surface area contributed by atoms with E-state index in [4.69, 9.17) is 4.74 Å². The molecule has 0 radical (unpaired) electrons. The van der Waals surface area contributed by atoms with Crippen LogP contribution in [0.4, 0.5) is 0 Å². The molecule has 0 aliphatic carbocycles. The summed E-state index contributed by atoms with van der Waals surface area (Å²) in [5.74, 6) is 0.829. The van der Waals surface area contributed by atoms with Crippen LogP contribution in [-0.2, 0) is 0 Å². The van der Waals surface area contributed by atoms with Crippen LogP contribution in [-0.4, -0.2) is 43.4 Å². The predicted molar refractivity (Wildman–Crippen MR) is 121 cm³/mol. The molecule has 0 aliphatic heterocycles. The summed E-state index contributed by atoms with van der Waals surface area (Å²) < 4.78 is 5.96. The van der Waals surface area contributed by atoms with Crippen LogP contribution in [0.15, 0.2) is 84.9 Å². The topological polar surface area (TPSA) is 32.7 Å². The van der Waals surface area contributed by atoms with Gasteiger partial charge in [-0.3, -0.25) is 0 Å². The lowest BCUT2D eigenvalue weighted by atomic mass is 9.87. The van der Waals surface area contributed by atoms with E-state index in [1.807, 2.05) is 81.7 Å². The van der Waals surface area contributed by atoms with Crippen molar-refractivity contribution in [2.45, 2.75) is 13.0 Å². The Morgan fingerprint density at radius 2 is 1.41 bits per heavy atom. The zero-order chi connectivity index (χ0) is 20.6. The van der Waals surface area contributed by atoms with Crippen molar-refractivity contribution < 1.29 is 9.84 Å². The Morgan fingerprint density at radius 1 is 0.828 bits per heavy atom. The minimum absolute atomic E-state index is 0.620. The minimum atomic E-state index is -0.620. The summed E-state index contributed by atoms with van der Waals surface area (Å²) in [6.45, 7) is 3.31. The lowest BCUT2D eigenvalue weighted by Crippen LogP contribution is -2.19. The quantitative estimate of drug-likeness (QED) is 0.554. The van der Waals surface area contributed by atoms with Gasteiger partial charge in [0, 0.05) is 6.54 Å². The highest BCUT2D eigenvalue weighted by molar-refractivity contribution is 6.00. The van der Waals surface area contributed by atoms with Crippen LogP contribution in [0.2, 0.25) is 0 Å². The number of hydrogen-bond donors (Lipinski definition) is 1. The molecule has 0 bridgehead atoms. The Hall–Kier alpha value is -2.88. The van der Waals surface area contributed by atoms with Gasteiger partial charge >= 0.3 is 0 Å². The molecule has 0 spiro atoms. The number of likely N-dealkylation sites (N-methyl/N-ethyl adjacent to an activating group) is 1. The normalized spacial score (nSPS) is 13.1. The zero-order valence-electron chi connectivity index (χ0n) is 17.4. The molecular weight excluding hydrogens is 358 g/mol. The van der Waals surface area contributed by atoms with Crippen LogP contribution >= 0.6 is 0 Å². The first-order valence-electron chi connectivity index (χ1n) is 9.97. The number of nitrogens with zero attached hydrogens (tertiary/aromatic N) is 1. The van der Waals surface area contributed by atoms with Gasteiger partial charge in [-0.05, 0) is 61.0 Å². The van der Waals surface area contributed by atoms with Crippen LogP contribution < -0.4 is 4.74 Å². The predicted octanol–water partition coefficient (Wildman–Crippen LogP) is 4.97. The molecule has 0 amide bonds. The maximum absolute atomic E-state index is 10.7. The molecular formula is C26H29NO2. The molecule has 3 heteroatoms. The summed E-state index contributed by atoms with van der Waals surface area (Å²) in [4.78, 5) is 2.10. The van der Waals surface area contributed by atoms with Crippen molar-refractivity contribution in [3.63, 3.8) is 0 Å². The van der Waals surface area contributed by atoms with Gasteiger partial charge in [0.05, 0.1) is 6.10 Å². The lowest BCUT2D eigenvalue weighted by Gasteiger charge is -2.20. The van der Waals surface area contributed by atoms with Crippen molar-refractivity contribution in [2.75, 3.05) is 27.2 Å². The molecule has 3 nitrogen and oxygen atoms in total. The van der Waals surface area contributed by atoms with Gasteiger partial charge in [0.15, 0.2) is 0 Å². The van der Waals surface area contributed by atoms with Gasteiger partial charge in [-0.15, -0.1) is 0 Å². The fourth-order valence-corrected chi connectivity index (χ4v) is 3.38. The number of rotatable bonds is 8. The number of aliphatic hydroxyl groups is 1. The highest BCUT2D eigenvalue weighted by Crippen LogP contribution is 2.35. The third-order valence-corrected chi connectivity index (χ3v) is 4.76. The second-order valence-corrected chi connectivity index (χ2v) is 7.38. The molecule has 0 heterocycles. The Morgan fingerprint density at radius 3 is 2.00 bits per heavy atom. The molecule has 3 aromatic rings. The number of aliphatic hydroxyl groups excluding tert-OH is 1. The highest BCUT2D eigenvalue weighted by atomic mass is 16.5. The molecule has 3 aromatic carbocycles. The van der Waals surface area contributed by atoms with Crippen molar-refractivity contribution in [1.29, 1.82) is 0 Å². The second-order valence-electron chi connectivity index (χ2n) is 7.38. The maximum atomic E-state index is 10.7. The van der Waals surface area contributed by atoms with Crippen molar-refractivity contribution >= 4 is 11.1 Å². The summed E-state index contributed by atoms with van der Waals surface area (Å²) in [7, 11) is 4.07. The Bertz CT molecular complexity index is 931. The summed E-state index contributed by atoms with van der Waals surface area (Å²) >= 11 is 0. The van der Waals surface area contributed by atoms with E-state index in [1.54, 1.807) is 0 Å². The van der Waals surface area contributed by atoms with Crippen molar-refractivity contribution in [1.82, 2.24) is 4.90 Å². The highest BCUT2D eigenvalue weighted by Gasteiger charge is 2.18. The third-order valence-electron chi connectivity index (χ3n) is 4.76. The summed E-state index contributed by atoms with van der Waals surface area (Å²) in [5.41, 5.74) is 5.03. The monoisotopic (exact) mass is 387 g/mol. The van der Waals surface area contributed by atoms with Gasteiger partial charge in [-0.25, -0.2) is 0 Å². The number of ether oxygens (including phenoxy) is 1. The zero-order valence-corrected chi connectivity index (χ0v) is 17.4. The van der Waals surface area contributed by atoms with E-state index < -0.39 is 6.10 Å². The van der Waals surface area contributed by atoms with Gasteiger partial charge < -0.3 is 14.7 Å². The molecule has 0 fully saturated rings. The Balaban J connectivity index is 2.12. The first kappa shape index (κ1) is 20.8. The van der Waals surface area contributed by atoms with E-state index in [2.05, 4.69) is 29.2 Å². The molecule has 29 heavy (non-hydrogen) atoms. The molecule has 0 saturated heterocycles. The number of hydrogen-bond acceptors (Lipinski definition) is 3. The molecule has 1 N–H and O–H groups in total. The van der Waals surface area contributed by atoms with E-state index in [-0.39, 0.29) is 0 Å². The average molecular weight is 388 g/mol. The Labute approximate surface area is 173 Å². The fourth-order valence-electron chi connectivity index (χ4n) is 3.38. The van der Waals surface area contributed by atoms with E-state index >= 15 is 0 Å². The van der Waals surface area contributed by atoms with Gasteiger partial charge in [0.25, 0.3) is 0 Å². The minimum Gasteiger partial charge on any atom is -0.492 e. The van der Waals surface area contributed by atoms with Crippen LogP contribution in [0.1, 0.15) is 23.6 Å². The summed E-state index contributed by atoms with van der Waals surface area (Å²) in [6.07, 6.45) is -0.620. The molecule has 0 saturated carbocycles. The van der Waals surface area contributed by atoms with Gasteiger partial charge in [-0.1, -0.05) is 72.8 Å². The Kier molecular flexibility index (Phi) is 7.23. The standard InChI is InChI=1S/C26H29NO2/c1-20(28)25(21-11-6-4-7-12-21)26(22-13-8-5-9-14-22)23-15-10-16-24(19-23)29-18-17-27(2)3/h4-16,19-20,28H,17-18H2,1-3H3/b26-25+/t20-/m0/s1. The van der Waals surface area contributed by atoms with Crippen LogP contribution in [0.5, 0.6) is 5.75 Å². The second kappa shape index (κ2) is 10.1. The van der Waals surface area contributed by atoms with E-state index in [9.17, 15) is 5.11 Å². The van der Waals surface area contributed by atoms with E-state index in [0.29, 0.717) is 6.61 Å². The smallest absolute Gasteiger partial charge is 0.119 e. The first-order chi connectivity index (χ1) is 14.1. The van der Waals surface area contributed by atoms with Crippen molar-refractivity contribution in [2.24, 2.45) is 0 Å². The molecule has 3 rings (SSSR count). The van der Waals surface area contributed by atoms with Gasteiger partial charge in [0.1, 0.15) is 12.4 Å². The van der Waals surface area contributed by atoms with Gasteiger partial charge in [-0.2, -0.15) is 0 Å². The van der Waals surface area contributed by atoms with Crippen LogP contribution in [0.25, 0.3) is 11.1 Å². The summed E-state index contributed by atoms with van der Waals surface area (Å²) in [6, 6.07) is 28.4. The van der Waals surface area contributed by atoms with E-state index in [1.165, 1.54) is 0 Å². The van der Waals surface area contributed by atoms with Crippen molar-refractivity contribution in [3.8, 4) is 5.75 Å². The largest absolute Gasteiger partial charge is 0.492 e. The van der Waals surface area contributed by atoms with E-state index in [0.717, 1.165) is 40.1 Å². The SMILES string of the molecule is C[C@H](O)/C(=C(/c1ccccc1)c1cccc(OCCN(C)C)c1)c1ccccc1. The maximum Gasteiger partial charge on any atom is 0.119 e. The molecule has 1 atom stereocenters. The molecule has 0 aromatic heterocycles. The van der Waals surface area contributed by atoms with Gasteiger partial charge in [0.2, 0.25) is 0 Å². The van der Waals surface area contributed by atoms with Crippen LogP contribution in [0, 0.1) is 0 Å². The first-order valence-corrected chi connectivity index (χ1v) is 9.97. The molecule has 150 valence electrons. The third kappa shape index (κ3) is 5.57.